The number of hydrogen-bond donors (Lipinski definition) is 2. The lowest BCUT2D eigenvalue weighted by Crippen LogP contribution is -2.63. The summed E-state index contributed by atoms with van der Waals surface area (Å²) >= 11 is 0. The highest BCUT2D eigenvalue weighted by atomic mass is 16.1. The van der Waals surface area contributed by atoms with Gasteiger partial charge >= 0.3 is 0 Å². The zero-order chi connectivity index (χ0) is 10.6. The first-order valence-electron chi connectivity index (χ1n) is 4.66. The van der Waals surface area contributed by atoms with Crippen molar-refractivity contribution in [2.75, 3.05) is 13.1 Å². The number of carbonyl (C=O) groups is 1. The van der Waals surface area contributed by atoms with Gasteiger partial charge in [-0.3, -0.25) is 4.79 Å². The van der Waals surface area contributed by atoms with Gasteiger partial charge in [0.15, 0.2) is 0 Å². The van der Waals surface area contributed by atoms with Gasteiger partial charge in [0.05, 0.1) is 5.54 Å². The molecule has 0 spiro atoms. The van der Waals surface area contributed by atoms with Gasteiger partial charge in [0.2, 0.25) is 5.91 Å². The number of nitrogens with zero attached hydrogens (tertiary/aromatic N) is 3. The van der Waals surface area contributed by atoms with Crippen LogP contribution in [0.1, 0.15) is 19.8 Å². The summed E-state index contributed by atoms with van der Waals surface area (Å²) in [6.45, 7) is 2.93. The van der Waals surface area contributed by atoms with Crippen molar-refractivity contribution in [3.05, 3.63) is 10.4 Å². The Morgan fingerprint density at radius 2 is 2.43 bits per heavy atom. The van der Waals surface area contributed by atoms with Crippen LogP contribution in [-0.4, -0.2) is 24.5 Å². The molecule has 78 valence electrons. The predicted octanol–water partition coefficient (Wildman–Crippen LogP) is 0.540. The van der Waals surface area contributed by atoms with E-state index < -0.39 is 5.54 Å². The maximum atomic E-state index is 11.2. The number of azide groups is 1. The zero-order valence-corrected chi connectivity index (χ0v) is 8.23. The summed E-state index contributed by atoms with van der Waals surface area (Å²) in [6.07, 6.45) is 1.55. The Balaban J connectivity index is 2.38. The minimum absolute atomic E-state index is 0.309. The first kappa shape index (κ1) is 10.8. The second-order valence-corrected chi connectivity index (χ2v) is 3.84. The molecule has 6 heteroatoms. The van der Waals surface area contributed by atoms with Crippen LogP contribution >= 0.6 is 0 Å². The molecule has 3 N–H and O–H groups in total. The average molecular weight is 197 g/mol. The van der Waals surface area contributed by atoms with Gasteiger partial charge in [0, 0.05) is 18.0 Å². The van der Waals surface area contributed by atoms with E-state index in [0.29, 0.717) is 19.0 Å². The fraction of sp³-hybridized carbons (Fsp3) is 0.875. The topological polar surface area (TPSA) is 104 Å². The Morgan fingerprint density at radius 3 is 2.86 bits per heavy atom. The molecule has 0 heterocycles. The van der Waals surface area contributed by atoms with Gasteiger partial charge in [0.1, 0.15) is 0 Å². The van der Waals surface area contributed by atoms with E-state index in [1.165, 1.54) is 0 Å². The van der Waals surface area contributed by atoms with E-state index in [1.807, 2.05) is 0 Å². The molecule has 1 amide bonds. The minimum atomic E-state index is -0.551. The first-order chi connectivity index (χ1) is 6.60. The summed E-state index contributed by atoms with van der Waals surface area (Å²) in [7, 11) is 0. The van der Waals surface area contributed by atoms with Crippen LogP contribution < -0.4 is 11.1 Å². The highest BCUT2D eigenvalue weighted by molar-refractivity contribution is 5.85. The molecule has 6 nitrogen and oxygen atoms in total. The van der Waals surface area contributed by atoms with Crippen LogP contribution in [0.4, 0.5) is 0 Å². The van der Waals surface area contributed by atoms with Gasteiger partial charge in [-0.05, 0) is 24.3 Å². The smallest absolute Gasteiger partial charge is 0.237 e. The van der Waals surface area contributed by atoms with Gasteiger partial charge in [0.25, 0.3) is 0 Å². The van der Waals surface area contributed by atoms with E-state index in [2.05, 4.69) is 22.3 Å². The quantitative estimate of drug-likeness (QED) is 0.290. The third-order valence-electron chi connectivity index (χ3n) is 2.60. The van der Waals surface area contributed by atoms with E-state index in [1.54, 1.807) is 0 Å². The lowest BCUT2D eigenvalue weighted by molar-refractivity contribution is -0.129. The number of amides is 1. The Kier molecular flexibility index (Phi) is 3.33. The number of primary amides is 1. The van der Waals surface area contributed by atoms with E-state index >= 15 is 0 Å². The van der Waals surface area contributed by atoms with Crippen LogP contribution in [0.15, 0.2) is 5.11 Å². The largest absolute Gasteiger partial charge is 0.368 e. The molecule has 14 heavy (non-hydrogen) atoms. The van der Waals surface area contributed by atoms with E-state index in [-0.39, 0.29) is 5.91 Å². The van der Waals surface area contributed by atoms with Crippen LogP contribution in [0.5, 0.6) is 0 Å². The van der Waals surface area contributed by atoms with Gasteiger partial charge in [-0.2, -0.15) is 0 Å². The molecule has 0 aromatic heterocycles. The van der Waals surface area contributed by atoms with Crippen molar-refractivity contribution in [2.45, 2.75) is 25.3 Å². The monoisotopic (exact) mass is 197 g/mol. The summed E-state index contributed by atoms with van der Waals surface area (Å²) in [5.41, 5.74) is 12.8. The SMILES string of the molecule is CC1CC(NCCN=[N+]=[N-])(C(N)=O)C1. The Hall–Kier alpha value is -1.26. The van der Waals surface area contributed by atoms with Gasteiger partial charge in [-0.15, -0.1) is 0 Å². The van der Waals surface area contributed by atoms with Crippen molar-refractivity contribution in [3.8, 4) is 0 Å². The number of carbonyl (C=O) groups excluding carboxylic acids is 1. The third-order valence-corrected chi connectivity index (χ3v) is 2.60. The summed E-state index contributed by atoms with van der Waals surface area (Å²) in [4.78, 5) is 13.8. The molecule has 1 fully saturated rings. The molecule has 0 aromatic rings. The van der Waals surface area contributed by atoms with Crippen molar-refractivity contribution >= 4 is 5.91 Å². The molecule has 1 saturated carbocycles. The fourth-order valence-electron chi connectivity index (χ4n) is 1.95. The van der Waals surface area contributed by atoms with Crippen LogP contribution in [0, 0.1) is 5.92 Å². The maximum Gasteiger partial charge on any atom is 0.237 e. The molecule has 0 unspecified atom stereocenters. The second kappa shape index (κ2) is 4.30. The molecule has 0 atom stereocenters. The Morgan fingerprint density at radius 1 is 1.79 bits per heavy atom. The zero-order valence-electron chi connectivity index (χ0n) is 8.23. The van der Waals surface area contributed by atoms with Crippen molar-refractivity contribution in [2.24, 2.45) is 16.8 Å². The Bertz CT molecular complexity index is 265. The Labute approximate surface area is 82.5 Å². The highest BCUT2D eigenvalue weighted by Crippen LogP contribution is 2.36. The molecule has 1 rings (SSSR count). The summed E-state index contributed by atoms with van der Waals surface area (Å²) in [6, 6.07) is 0. The van der Waals surface area contributed by atoms with Crippen LogP contribution in [0.25, 0.3) is 10.4 Å². The normalized spacial score (nSPS) is 30.2. The standard InChI is InChI=1S/C8H15N5O/c1-6-4-8(5-6,7(9)14)11-2-3-12-13-10/h6,11H,2-5H2,1H3,(H2,9,14). The van der Waals surface area contributed by atoms with Gasteiger partial charge in [-0.25, -0.2) is 0 Å². The molecular formula is C8H15N5O. The van der Waals surface area contributed by atoms with E-state index in [0.717, 1.165) is 12.8 Å². The molecule has 0 saturated heterocycles. The number of hydrogen-bond acceptors (Lipinski definition) is 3. The van der Waals surface area contributed by atoms with Crippen molar-refractivity contribution in [1.29, 1.82) is 0 Å². The number of rotatable bonds is 5. The predicted molar refractivity (Wildman–Crippen MR) is 52.3 cm³/mol. The third kappa shape index (κ3) is 2.16. The fourth-order valence-corrected chi connectivity index (χ4v) is 1.95. The lowest BCUT2D eigenvalue weighted by Gasteiger charge is -2.44. The van der Waals surface area contributed by atoms with Gasteiger partial charge in [-0.1, -0.05) is 12.0 Å². The number of nitrogens with one attached hydrogen (secondary N) is 1. The summed E-state index contributed by atoms with van der Waals surface area (Å²) < 4.78 is 0. The summed E-state index contributed by atoms with van der Waals surface area (Å²) in [5, 5.41) is 6.44. The average Bonchev–Trinajstić information content (AvgIpc) is 2.08. The van der Waals surface area contributed by atoms with Crippen LogP contribution in [-0.2, 0) is 4.79 Å². The minimum Gasteiger partial charge on any atom is -0.368 e. The molecule has 0 aromatic carbocycles. The van der Waals surface area contributed by atoms with Crippen molar-refractivity contribution < 1.29 is 4.79 Å². The maximum absolute atomic E-state index is 11.2. The second-order valence-electron chi connectivity index (χ2n) is 3.84. The van der Waals surface area contributed by atoms with Crippen LogP contribution in [0.3, 0.4) is 0 Å². The van der Waals surface area contributed by atoms with Gasteiger partial charge < -0.3 is 11.1 Å². The number of nitrogens with two attached hydrogens (primary N) is 1. The summed E-state index contributed by atoms with van der Waals surface area (Å²) in [5.74, 6) is 0.228. The molecule has 1 aliphatic carbocycles. The molecule has 0 bridgehead atoms. The highest BCUT2D eigenvalue weighted by Gasteiger charge is 2.46. The van der Waals surface area contributed by atoms with Crippen molar-refractivity contribution in [1.82, 2.24) is 5.32 Å². The van der Waals surface area contributed by atoms with E-state index in [4.69, 9.17) is 11.3 Å². The first-order valence-corrected chi connectivity index (χ1v) is 4.66. The molecule has 1 aliphatic rings. The van der Waals surface area contributed by atoms with E-state index in [9.17, 15) is 4.79 Å². The molecule has 0 radical (unpaired) electrons. The lowest BCUT2D eigenvalue weighted by atomic mass is 9.68. The van der Waals surface area contributed by atoms with Crippen LogP contribution in [0.2, 0.25) is 0 Å². The molecular weight excluding hydrogens is 182 g/mol. The molecule has 0 aliphatic heterocycles. The van der Waals surface area contributed by atoms with Crippen molar-refractivity contribution in [3.63, 3.8) is 0 Å².